The van der Waals surface area contributed by atoms with Crippen LogP contribution in [0.1, 0.15) is 65.4 Å². The van der Waals surface area contributed by atoms with E-state index in [1.165, 1.54) is 0 Å². The van der Waals surface area contributed by atoms with Crippen molar-refractivity contribution in [2.45, 2.75) is 77.1 Å². The third-order valence-corrected chi connectivity index (χ3v) is 8.46. The van der Waals surface area contributed by atoms with Gasteiger partial charge in [0, 0.05) is 50.1 Å². The van der Waals surface area contributed by atoms with Gasteiger partial charge in [0.15, 0.2) is 0 Å². The van der Waals surface area contributed by atoms with Gasteiger partial charge in [-0.2, -0.15) is 0 Å². The number of hydrogen-bond acceptors (Lipinski definition) is 6. The van der Waals surface area contributed by atoms with Crippen molar-refractivity contribution in [1.82, 2.24) is 19.8 Å². The molecule has 2 amide bonds. The predicted molar refractivity (Wildman–Crippen MR) is 167 cm³/mol. The lowest BCUT2D eigenvalue weighted by molar-refractivity contribution is -0.138. The second kappa shape index (κ2) is 12.6. The van der Waals surface area contributed by atoms with Crippen LogP contribution >= 0.6 is 11.6 Å². The Morgan fingerprint density at radius 3 is 2.40 bits per heavy atom. The maximum Gasteiger partial charge on any atom is 0.410 e. The van der Waals surface area contributed by atoms with Gasteiger partial charge >= 0.3 is 6.09 Å². The minimum absolute atomic E-state index is 0.0672. The van der Waals surface area contributed by atoms with Crippen LogP contribution in [0.2, 0.25) is 5.02 Å². The summed E-state index contributed by atoms with van der Waals surface area (Å²) in [6.45, 7) is 9.53. The van der Waals surface area contributed by atoms with E-state index >= 15 is 0 Å². The third kappa shape index (κ3) is 7.93. The van der Waals surface area contributed by atoms with E-state index in [0.29, 0.717) is 62.1 Å². The quantitative estimate of drug-likeness (QED) is 0.396. The molecule has 0 radical (unpaired) electrons. The second-order valence-corrected chi connectivity index (χ2v) is 13.3. The summed E-state index contributed by atoms with van der Waals surface area (Å²) >= 11 is 6.53. The normalized spacial score (nSPS) is 21.9. The van der Waals surface area contributed by atoms with Gasteiger partial charge in [0.05, 0.1) is 16.9 Å². The Morgan fingerprint density at radius 2 is 1.74 bits per heavy atom. The van der Waals surface area contributed by atoms with Crippen molar-refractivity contribution in [1.29, 1.82) is 0 Å². The summed E-state index contributed by atoms with van der Waals surface area (Å²) in [5, 5.41) is 3.89. The van der Waals surface area contributed by atoms with Crippen LogP contribution in [-0.4, -0.2) is 75.3 Å². The fourth-order valence-electron chi connectivity index (χ4n) is 5.73. The molecule has 3 heterocycles. The van der Waals surface area contributed by atoms with Crippen molar-refractivity contribution >= 4 is 35.1 Å². The molecule has 8 nitrogen and oxygen atoms in total. The number of carbonyl (C=O) groups excluding carboxylic acids is 2. The average molecular weight is 610 g/mol. The number of anilines is 1. The minimum Gasteiger partial charge on any atom is -0.444 e. The molecule has 1 unspecified atom stereocenters. The first-order chi connectivity index (χ1) is 20.4. The number of benzene rings is 1. The van der Waals surface area contributed by atoms with Crippen molar-refractivity contribution in [2.24, 2.45) is 5.92 Å². The van der Waals surface area contributed by atoms with Crippen LogP contribution < -0.4 is 5.32 Å². The number of amides is 2. The van der Waals surface area contributed by atoms with E-state index in [1.54, 1.807) is 24.1 Å². The van der Waals surface area contributed by atoms with Gasteiger partial charge in [-0.1, -0.05) is 42.0 Å². The Morgan fingerprint density at radius 1 is 1.07 bits per heavy atom. The average Bonchev–Trinajstić information content (AvgIpc) is 2.97. The zero-order valence-corrected chi connectivity index (χ0v) is 26.2. The van der Waals surface area contributed by atoms with E-state index < -0.39 is 11.3 Å². The number of allylic oxidation sites excluding steroid dienone is 4. The summed E-state index contributed by atoms with van der Waals surface area (Å²) < 4.78 is 19.7. The smallest absolute Gasteiger partial charge is 0.410 e. The summed E-state index contributed by atoms with van der Waals surface area (Å²) in [4.78, 5) is 38.4. The van der Waals surface area contributed by atoms with E-state index in [2.05, 4.69) is 10.3 Å². The molecule has 3 aliphatic rings. The largest absolute Gasteiger partial charge is 0.444 e. The van der Waals surface area contributed by atoms with Crippen LogP contribution in [0.15, 0.2) is 48.7 Å². The number of nitrogens with zero attached hydrogens (tertiary/aromatic N) is 4. The van der Waals surface area contributed by atoms with E-state index in [9.17, 15) is 14.0 Å². The number of rotatable bonds is 5. The molecular weight excluding hydrogens is 569 g/mol. The van der Waals surface area contributed by atoms with Crippen molar-refractivity contribution < 1.29 is 18.7 Å². The molecule has 5 rings (SSSR count). The lowest BCUT2D eigenvalue weighted by atomic mass is 9.91. The zero-order chi connectivity index (χ0) is 30.8. The third-order valence-electron chi connectivity index (χ3n) is 8.18. The van der Waals surface area contributed by atoms with Crippen LogP contribution in [0, 0.1) is 5.92 Å². The molecule has 1 atom stereocenters. The van der Waals surface area contributed by atoms with Gasteiger partial charge in [-0.25, -0.2) is 19.2 Å². The molecule has 2 fully saturated rings. The highest BCUT2D eigenvalue weighted by atomic mass is 35.5. The Bertz CT molecular complexity index is 1400. The molecule has 10 heteroatoms. The van der Waals surface area contributed by atoms with Gasteiger partial charge in [0.2, 0.25) is 11.9 Å². The molecule has 0 saturated carbocycles. The number of halogens is 2. The SMILES string of the molecule is CC1(F)C=CC(c2cccc(-c3nc(NC4CCN(C(=O)C5CCN(C(=O)OC(C)(C)C)CC5)CC4)ncc3Cl)c2)=CC1. The van der Waals surface area contributed by atoms with Crippen molar-refractivity contribution in [2.75, 3.05) is 31.5 Å². The molecule has 0 bridgehead atoms. The minimum atomic E-state index is -1.32. The van der Waals surface area contributed by atoms with E-state index in [0.717, 1.165) is 29.5 Å². The highest BCUT2D eigenvalue weighted by molar-refractivity contribution is 6.32. The maximum atomic E-state index is 14.2. The lowest BCUT2D eigenvalue weighted by Crippen LogP contribution is -2.48. The Balaban J connectivity index is 1.15. The zero-order valence-electron chi connectivity index (χ0n) is 25.4. The molecule has 1 aromatic heterocycles. The molecule has 2 saturated heterocycles. The van der Waals surface area contributed by atoms with Crippen molar-refractivity contribution in [3.8, 4) is 11.3 Å². The van der Waals surface area contributed by atoms with Crippen molar-refractivity contribution in [3.63, 3.8) is 0 Å². The Kier molecular flexibility index (Phi) is 9.11. The lowest BCUT2D eigenvalue weighted by Gasteiger charge is -2.37. The van der Waals surface area contributed by atoms with Gasteiger partial charge in [-0.3, -0.25) is 4.79 Å². The van der Waals surface area contributed by atoms with Crippen LogP contribution in [0.4, 0.5) is 15.1 Å². The fraction of sp³-hybridized carbons (Fsp3) is 0.515. The number of aromatic nitrogens is 2. The van der Waals surface area contributed by atoms with Gasteiger partial charge in [0.1, 0.15) is 11.3 Å². The first-order valence-corrected chi connectivity index (χ1v) is 15.5. The van der Waals surface area contributed by atoms with E-state index in [4.69, 9.17) is 21.3 Å². The second-order valence-electron chi connectivity index (χ2n) is 12.9. The summed E-state index contributed by atoms with van der Waals surface area (Å²) in [5.74, 6) is 0.600. The molecule has 0 spiro atoms. The Labute approximate surface area is 258 Å². The molecule has 2 aliphatic heterocycles. The van der Waals surface area contributed by atoms with Crippen LogP contribution in [0.25, 0.3) is 16.8 Å². The summed E-state index contributed by atoms with van der Waals surface area (Å²) in [7, 11) is 0. The molecule has 43 heavy (non-hydrogen) atoms. The van der Waals surface area contributed by atoms with Gasteiger partial charge < -0.3 is 19.9 Å². The summed E-state index contributed by atoms with van der Waals surface area (Å²) in [5.41, 5.74) is 1.58. The number of alkyl halides is 1. The first-order valence-electron chi connectivity index (χ1n) is 15.1. The Hall–Kier alpha value is -3.46. The van der Waals surface area contributed by atoms with Gasteiger partial charge in [0.25, 0.3) is 0 Å². The van der Waals surface area contributed by atoms with Crippen LogP contribution in [-0.2, 0) is 9.53 Å². The summed E-state index contributed by atoms with van der Waals surface area (Å²) in [6.07, 6.45) is 9.85. The topological polar surface area (TPSA) is 87.7 Å². The number of hydrogen-bond donors (Lipinski definition) is 1. The predicted octanol–water partition coefficient (Wildman–Crippen LogP) is 6.92. The standard InChI is InChI=1S/C33H41ClFN5O3/c1-32(2,3)43-31(42)40-16-10-23(11-17-40)29(41)39-18-12-26(13-19-39)37-30-36-21-27(34)28(38-30)25-7-5-6-24(20-25)22-8-14-33(4,35)15-9-22/h5-9,14,20-21,23,26H,10-13,15-19H2,1-4H3,(H,36,37,38). The molecule has 1 aromatic carbocycles. The molecule has 230 valence electrons. The fourth-order valence-corrected chi connectivity index (χ4v) is 5.93. The maximum absolute atomic E-state index is 14.2. The number of ether oxygens (including phenoxy) is 1. The van der Waals surface area contributed by atoms with Crippen molar-refractivity contribution in [3.05, 3.63) is 59.3 Å². The number of nitrogens with one attached hydrogen (secondary N) is 1. The number of piperidine rings is 2. The number of carbonyl (C=O) groups is 2. The van der Waals surface area contributed by atoms with Gasteiger partial charge in [-0.15, -0.1) is 0 Å². The molecule has 2 aromatic rings. The summed E-state index contributed by atoms with van der Waals surface area (Å²) in [6, 6.07) is 8.04. The van der Waals surface area contributed by atoms with E-state index in [1.807, 2.05) is 62.1 Å². The first kappa shape index (κ1) is 31.0. The number of likely N-dealkylation sites (tertiary alicyclic amines) is 2. The van der Waals surface area contributed by atoms with Gasteiger partial charge in [-0.05, 0) is 76.7 Å². The van der Waals surface area contributed by atoms with Crippen LogP contribution in [0.5, 0.6) is 0 Å². The van der Waals surface area contributed by atoms with Crippen LogP contribution in [0.3, 0.4) is 0 Å². The highest BCUT2D eigenvalue weighted by Crippen LogP contribution is 2.33. The molecular formula is C33H41ClFN5O3. The molecule has 1 aliphatic carbocycles. The molecule has 1 N–H and O–H groups in total. The monoisotopic (exact) mass is 609 g/mol. The highest BCUT2D eigenvalue weighted by Gasteiger charge is 2.33. The van der Waals surface area contributed by atoms with E-state index in [-0.39, 0.29) is 24.0 Å².